The molecule has 3 amide bonds. The summed E-state index contributed by atoms with van der Waals surface area (Å²) in [6.45, 7) is 3.77. The fourth-order valence-electron chi connectivity index (χ4n) is 4.95. The van der Waals surface area contributed by atoms with Gasteiger partial charge in [0.15, 0.2) is 0 Å². The van der Waals surface area contributed by atoms with Crippen LogP contribution in [0.15, 0.2) is 48.5 Å². The zero-order valence-electron chi connectivity index (χ0n) is 18.5. The summed E-state index contributed by atoms with van der Waals surface area (Å²) in [6, 6.07) is 13.6. The van der Waals surface area contributed by atoms with Crippen LogP contribution in [0.25, 0.3) is 0 Å². The van der Waals surface area contributed by atoms with Gasteiger partial charge in [-0.15, -0.1) is 0 Å². The number of rotatable bonds is 5. The second-order valence-electron chi connectivity index (χ2n) is 8.85. The SMILES string of the molecule is O=C1C[C@H](N2CCN(c3ccc(F)cc3)CC2)C(=O)N1Cc1ccc(N2CCCC2=O)cc1. The first-order valence-electron chi connectivity index (χ1n) is 11.5. The Kier molecular flexibility index (Phi) is 5.85. The number of nitrogens with zero attached hydrogens (tertiary/aromatic N) is 4. The van der Waals surface area contributed by atoms with Crippen LogP contribution in [0.5, 0.6) is 0 Å². The number of hydrogen-bond donors (Lipinski definition) is 0. The van der Waals surface area contributed by atoms with Crippen molar-refractivity contribution < 1.29 is 18.8 Å². The van der Waals surface area contributed by atoms with Crippen LogP contribution >= 0.6 is 0 Å². The number of carbonyl (C=O) groups is 3. The van der Waals surface area contributed by atoms with E-state index in [1.807, 2.05) is 24.3 Å². The number of amides is 3. The van der Waals surface area contributed by atoms with Crippen molar-refractivity contribution in [1.29, 1.82) is 0 Å². The maximum atomic E-state index is 13.2. The lowest BCUT2D eigenvalue weighted by Crippen LogP contribution is -2.52. The number of carbonyl (C=O) groups excluding carboxylic acids is 3. The third-order valence-corrected chi connectivity index (χ3v) is 6.83. The van der Waals surface area contributed by atoms with E-state index in [2.05, 4.69) is 9.80 Å². The Bertz CT molecular complexity index is 1050. The number of anilines is 2. The van der Waals surface area contributed by atoms with E-state index in [1.165, 1.54) is 17.0 Å². The molecule has 172 valence electrons. The molecule has 3 aliphatic rings. The molecule has 3 heterocycles. The Balaban J connectivity index is 1.19. The van der Waals surface area contributed by atoms with Crippen LogP contribution in [0.1, 0.15) is 24.8 Å². The van der Waals surface area contributed by atoms with Crippen molar-refractivity contribution in [3.8, 4) is 0 Å². The maximum Gasteiger partial charge on any atom is 0.247 e. The molecule has 3 aliphatic heterocycles. The molecular formula is C25H27FN4O3. The van der Waals surface area contributed by atoms with Gasteiger partial charge < -0.3 is 9.80 Å². The monoisotopic (exact) mass is 450 g/mol. The van der Waals surface area contributed by atoms with E-state index in [0.717, 1.165) is 43.0 Å². The van der Waals surface area contributed by atoms with Gasteiger partial charge in [-0.2, -0.15) is 0 Å². The molecule has 0 bridgehead atoms. The molecule has 0 saturated carbocycles. The van der Waals surface area contributed by atoms with E-state index in [4.69, 9.17) is 0 Å². The van der Waals surface area contributed by atoms with Gasteiger partial charge in [0.1, 0.15) is 5.82 Å². The molecule has 0 unspecified atom stereocenters. The average Bonchev–Trinajstić information content (AvgIpc) is 3.38. The molecular weight excluding hydrogens is 423 g/mol. The van der Waals surface area contributed by atoms with Gasteiger partial charge in [0, 0.05) is 50.5 Å². The Morgan fingerprint density at radius 1 is 0.788 bits per heavy atom. The fraction of sp³-hybridized carbons (Fsp3) is 0.400. The van der Waals surface area contributed by atoms with Gasteiger partial charge >= 0.3 is 0 Å². The summed E-state index contributed by atoms with van der Waals surface area (Å²) in [5.41, 5.74) is 2.69. The van der Waals surface area contributed by atoms with Gasteiger partial charge in [-0.05, 0) is 48.4 Å². The minimum absolute atomic E-state index is 0.134. The third-order valence-electron chi connectivity index (χ3n) is 6.83. The number of halogens is 1. The molecule has 2 aromatic rings. The molecule has 0 aliphatic carbocycles. The minimum Gasteiger partial charge on any atom is -0.369 e. The largest absolute Gasteiger partial charge is 0.369 e. The van der Waals surface area contributed by atoms with Crippen LogP contribution in [0.3, 0.4) is 0 Å². The third kappa shape index (κ3) is 4.35. The molecule has 0 spiro atoms. The molecule has 7 nitrogen and oxygen atoms in total. The Morgan fingerprint density at radius 2 is 1.45 bits per heavy atom. The van der Waals surface area contributed by atoms with Gasteiger partial charge in [0.2, 0.25) is 17.7 Å². The predicted octanol–water partition coefficient (Wildman–Crippen LogP) is 2.40. The van der Waals surface area contributed by atoms with Crippen molar-refractivity contribution >= 4 is 29.1 Å². The average molecular weight is 451 g/mol. The molecule has 0 N–H and O–H groups in total. The van der Waals surface area contributed by atoms with E-state index in [0.29, 0.717) is 19.5 Å². The van der Waals surface area contributed by atoms with Gasteiger partial charge in [0.25, 0.3) is 0 Å². The summed E-state index contributed by atoms with van der Waals surface area (Å²) in [5, 5.41) is 0. The van der Waals surface area contributed by atoms with Crippen molar-refractivity contribution in [2.24, 2.45) is 0 Å². The highest BCUT2D eigenvalue weighted by molar-refractivity contribution is 6.05. The molecule has 0 aromatic heterocycles. The van der Waals surface area contributed by atoms with Crippen molar-refractivity contribution in [1.82, 2.24) is 9.80 Å². The van der Waals surface area contributed by atoms with E-state index < -0.39 is 6.04 Å². The number of benzene rings is 2. The molecule has 0 radical (unpaired) electrons. The lowest BCUT2D eigenvalue weighted by molar-refractivity contribution is -0.140. The first kappa shape index (κ1) is 21.6. The maximum absolute atomic E-state index is 13.2. The van der Waals surface area contributed by atoms with Crippen LogP contribution < -0.4 is 9.80 Å². The molecule has 2 aromatic carbocycles. The van der Waals surface area contributed by atoms with E-state index >= 15 is 0 Å². The summed E-state index contributed by atoms with van der Waals surface area (Å²) in [6.07, 6.45) is 1.66. The topological polar surface area (TPSA) is 64.2 Å². The fourth-order valence-corrected chi connectivity index (χ4v) is 4.95. The van der Waals surface area contributed by atoms with Gasteiger partial charge in [-0.25, -0.2) is 4.39 Å². The number of imide groups is 1. The summed E-state index contributed by atoms with van der Waals surface area (Å²) >= 11 is 0. The lowest BCUT2D eigenvalue weighted by atomic mass is 10.1. The molecule has 5 rings (SSSR count). The predicted molar refractivity (Wildman–Crippen MR) is 122 cm³/mol. The summed E-state index contributed by atoms with van der Waals surface area (Å²) in [4.78, 5) is 45.1. The highest BCUT2D eigenvalue weighted by atomic mass is 19.1. The van der Waals surface area contributed by atoms with E-state index in [1.54, 1.807) is 17.0 Å². The number of piperazine rings is 1. The molecule has 33 heavy (non-hydrogen) atoms. The quantitative estimate of drug-likeness (QED) is 0.655. The van der Waals surface area contributed by atoms with Crippen molar-refractivity contribution in [3.05, 3.63) is 59.9 Å². The minimum atomic E-state index is -0.422. The second kappa shape index (κ2) is 8.94. The van der Waals surface area contributed by atoms with Crippen LogP contribution in [0, 0.1) is 5.82 Å². The van der Waals surface area contributed by atoms with E-state index in [9.17, 15) is 18.8 Å². The molecule has 3 fully saturated rings. The van der Waals surface area contributed by atoms with Crippen LogP contribution in [0.4, 0.5) is 15.8 Å². The lowest BCUT2D eigenvalue weighted by Gasteiger charge is -2.38. The van der Waals surface area contributed by atoms with Crippen LogP contribution in [-0.4, -0.2) is 66.3 Å². The van der Waals surface area contributed by atoms with Gasteiger partial charge in [-0.1, -0.05) is 12.1 Å². The Labute approximate surface area is 192 Å². The Morgan fingerprint density at radius 3 is 2.09 bits per heavy atom. The first-order valence-corrected chi connectivity index (χ1v) is 11.5. The summed E-state index contributed by atoms with van der Waals surface area (Å²) in [5.74, 6) is -0.416. The van der Waals surface area contributed by atoms with Crippen molar-refractivity contribution in [2.75, 3.05) is 42.5 Å². The normalized spacial score (nSPS) is 22.0. The molecule has 3 saturated heterocycles. The molecule has 1 atom stereocenters. The van der Waals surface area contributed by atoms with Crippen LogP contribution in [0.2, 0.25) is 0 Å². The van der Waals surface area contributed by atoms with Crippen molar-refractivity contribution in [2.45, 2.75) is 31.8 Å². The van der Waals surface area contributed by atoms with Gasteiger partial charge in [-0.3, -0.25) is 24.2 Å². The standard InChI is InChI=1S/C25H27FN4O3/c26-19-5-9-20(10-6-19)27-12-14-28(15-13-27)22-16-24(32)30(25(22)33)17-18-3-7-21(8-4-18)29-11-1-2-23(29)31/h3-10,22H,1-2,11-17H2/t22-/m0/s1. The molecule has 8 heteroatoms. The number of likely N-dealkylation sites (tertiary alicyclic amines) is 1. The Hall–Kier alpha value is -3.26. The highest BCUT2D eigenvalue weighted by Gasteiger charge is 2.42. The van der Waals surface area contributed by atoms with E-state index in [-0.39, 0.29) is 36.5 Å². The zero-order chi connectivity index (χ0) is 22.9. The van der Waals surface area contributed by atoms with Gasteiger partial charge in [0.05, 0.1) is 19.0 Å². The van der Waals surface area contributed by atoms with Crippen molar-refractivity contribution in [3.63, 3.8) is 0 Å². The highest BCUT2D eigenvalue weighted by Crippen LogP contribution is 2.26. The first-order chi connectivity index (χ1) is 16.0. The zero-order valence-corrected chi connectivity index (χ0v) is 18.5. The second-order valence-corrected chi connectivity index (χ2v) is 8.85. The number of hydrogen-bond acceptors (Lipinski definition) is 5. The summed E-state index contributed by atoms with van der Waals surface area (Å²) in [7, 11) is 0. The summed E-state index contributed by atoms with van der Waals surface area (Å²) < 4.78 is 13.2. The van der Waals surface area contributed by atoms with Crippen LogP contribution in [-0.2, 0) is 20.9 Å². The smallest absolute Gasteiger partial charge is 0.247 e.